The number of sulfonamides is 2. The second-order valence-corrected chi connectivity index (χ2v) is 11.2. The molecule has 0 saturated carbocycles. The number of hydrogen-bond donors (Lipinski definition) is 2. The van der Waals surface area contributed by atoms with Crippen LogP contribution in [-0.2, 0) is 52.2 Å². The van der Waals surface area contributed by atoms with Gasteiger partial charge < -0.3 is 0 Å². The summed E-state index contributed by atoms with van der Waals surface area (Å²) < 4.78 is 49.7. The zero-order valence-corrected chi connectivity index (χ0v) is 21.6. The van der Waals surface area contributed by atoms with E-state index in [1.165, 1.54) is 11.1 Å². The monoisotopic (exact) mass is 480 g/mol. The first kappa shape index (κ1) is 26.5. The van der Waals surface area contributed by atoms with Crippen LogP contribution < -0.4 is 9.86 Å². The van der Waals surface area contributed by atoms with Crippen LogP contribution >= 0.6 is 0 Å². The lowest BCUT2D eigenvalue weighted by Gasteiger charge is -2.13. The smallest absolute Gasteiger partial charge is 0.225 e. The number of nitrogens with two attached hydrogens (primary N) is 1. The van der Waals surface area contributed by atoms with E-state index >= 15 is 0 Å². The van der Waals surface area contributed by atoms with Crippen molar-refractivity contribution >= 4 is 20.0 Å². The molecule has 0 fully saturated rings. The first-order valence-electron chi connectivity index (χ1n) is 11.3. The lowest BCUT2D eigenvalue weighted by molar-refractivity contribution is 0.581. The highest BCUT2D eigenvalue weighted by molar-refractivity contribution is 7.90. The number of aryl methyl sites for hydroxylation is 5. The fourth-order valence-corrected chi connectivity index (χ4v) is 7.12. The number of rotatable bonds is 6. The molecule has 0 saturated heterocycles. The van der Waals surface area contributed by atoms with Crippen molar-refractivity contribution in [1.82, 2.24) is 4.72 Å². The average molecular weight is 481 g/mol. The molecule has 0 aliphatic carbocycles. The minimum atomic E-state index is -3.61. The van der Waals surface area contributed by atoms with E-state index in [0.717, 1.165) is 41.5 Å². The third kappa shape index (κ3) is 5.60. The molecule has 178 valence electrons. The summed E-state index contributed by atoms with van der Waals surface area (Å²) >= 11 is 0. The molecule has 3 rings (SSSR count). The van der Waals surface area contributed by atoms with Crippen molar-refractivity contribution in [1.29, 1.82) is 0 Å². The van der Waals surface area contributed by atoms with Crippen LogP contribution in [0.25, 0.3) is 0 Å². The van der Waals surface area contributed by atoms with Gasteiger partial charge in [0.25, 0.3) is 0 Å². The normalized spacial score (nSPS) is 16.9. The van der Waals surface area contributed by atoms with E-state index in [1.54, 1.807) is 0 Å². The van der Waals surface area contributed by atoms with Crippen LogP contribution in [0.15, 0.2) is 34.1 Å². The third-order valence-electron chi connectivity index (χ3n) is 5.87. The van der Waals surface area contributed by atoms with Gasteiger partial charge in [-0.05, 0) is 72.4 Å². The van der Waals surface area contributed by atoms with E-state index in [-0.39, 0.29) is 6.04 Å². The predicted molar refractivity (Wildman–Crippen MR) is 130 cm³/mol. The minimum Gasteiger partial charge on any atom is -0.225 e. The van der Waals surface area contributed by atoms with E-state index < -0.39 is 20.0 Å². The van der Waals surface area contributed by atoms with Crippen LogP contribution in [0.4, 0.5) is 0 Å². The maximum Gasteiger partial charge on any atom is 0.241 e. The zero-order chi connectivity index (χ0) is 24.3. The van der Waals surface area contributed by atoms with Crippen molar-refractivity contribution in [3.63, 3.8) is 0 Å². The average Bonchev–Trinajstić information content (AvgIpc) is 2.99. The van der Waals surface area contributed by atoms with Crippen LogP contribution in [-0.4, -0.2) is 16.8 Å². The van der Waals surface area contributed by atoms with Gasteiger partial charge in [-0.3, -0.25) is 0 Å². The Labute approximate surface area is 193 Å². The molecule has 1 aliphatic rings. The van der Waals surface area contributed by atoms with Gasteiger partial charge >= 0.3 is 0 Å². The molecule has 6 nitrogen and oxygen atoms in total. The summed E-state index contributed by atoms with van der Waals surface area (Å²) in [6.07, 6.45) is 3.97. The van der Waals surface area contributed by atoms with Crippen molar-refractivity contribution < 1.29 is 16.8 Å². The highest BCUT2D eigenvalue weighted by Crippen LogP contribution is 2.34. The molecule has 0 amide bonds. The molecular weight excluding hydrogens is 444 g/mol. The maximum atomic E-state index is 11.9. The van der Waals surface area contributed by atoms with Crippen molar-refractivity contribution in [2.24, 2.45) is 5.14 Å². The Morgan fingerprint density at radius 1 is 0.812 bits per heavy atom. The SMILES string of the molecule is CCc1cc(CC)c(S(N)(=O)=O)c(CC)c1.CCc1cc(CC)c2c(c1)C(C)NS2(=O)=O. The van der Waals surface area contributed by atoms with Crippen molar-refractivity contribution in [2.75, 3.05) is 0 Å². The highest BCUT2D eigenvalue weighted by atomic mass is 32.2. The summed E-state index contributed by atoms with van der Waals surface area (Å²) in [6.45, 7) is 11.9. The van der Waals surface area contributed by atoms with Crippen LogP contribution in [0.3, 0.4) is 0 Å². The Kier molecular flexibility index (Phi) is 8.67. The molecule has 3 N–H and O–H groups in total. The van der Waals surface area contributed by atoms with E-state index in [9.17, 15) is 16.8 Å². The Hall–Kier alpha value is -1.74. The first-order valence-corrected chi connectivity index (χ1v) is 14.3. The van der Waals surface area contributed by atoms with Gasteiger partial charge in [-0.2, -0.15) is 0 Å². The summed E-state index contributed by atoms with van der Waals surface area (Å²) in [4.78, 5) is 0.842. The Morgan fingerprint density at radius 2 is 1.25 bits per heavy atom. The van der Waals surface area contributed by atoms with Crippen LogP contribution in [0.5, 0.6) is 0 Å². The highest BCUT2D eigenvalue weighted by Gasteiger charge is 2.33. The van der Waals surface area contributed by atoms with Gasteiger partial charge in [-0.25, -0.2) is 26.7 Å². The van der Waals surface area contributed by atoms with Crippen molar-refractivity contribution in [3.8, 4) is 0 Å². The number of fused-ring (bicyclic) bond motifs is 1. The number of hydrogen-bond acceptors (Lipinski definition) is 4. The fourth-order valence-electron chi connectivity index (χ4n) is 4.17. The van der Waals surface area contributed by atoms with Crippen molar-refractivity contribution in [3.05, 3.63) is 57.6 Å². The zero-order valence-electron chi connectivity index (χ0n) is 19.9. The molecule has 0 aromatic heterocycles. The molecule has 1 atom stereocenters. The van der Waals surface area contributed by atoms with Crippen LogP contribution in [0, 0.1) is 0 Å². The molecule has 1 aliphatic heterocycles. The van der Waals surface area contributed by atoms with E-state index in [4.69, 9.17) is 5.14 Å². The molecule has 32 heavy (non-hydrogen) atoms. The van der Waals surface area contributed by atoms with Crippen LogP contribution in [0.2, 0.25) is 0 Å². The second-order valence-electron chi connectivity index (χ2n) is 8.07. The molecule has 0 radical (unpaired) electrons. The lowest BCUT2D eigenvalue weighted by atomic mass is 9.99. The number of primary sulfonamides is 1. The van der Waals surface area contributed by atoms with Crippen molar-refractivity contribution in [2.45, 2.75) is 89.5 Å². The summed E-state index contributed by atoms with van der Waals surface area (Å²) in [7, 11) is -6.89. The topological polar surface area (TPSA) is 106 Å². The molecule has 1 unspecified atom stereocenters. The molecular formula is C24H36N2O4S2. The summed E-state index contributed by atoms with van der Waals surface area (Å²) in [5, 5.41) is 5.27. The Morgan fingerprint density at radius 3 is 1.66 bits per heavy atom. The molecule has 1 heterocycles. The number of nitrogens with one attached hydrogen (secondary N) is 1. The van der Waals surface area contributed by atoms with Gasteiger partial charge in [0.2, 0.25) is 20.0 Å². The third-order valence-corrected chi connectivity index (χ3v) is 8.66. The van der Waals surface area contributed by atoms with Gasteiger partial charge in [-0.1, -0.05) is 58.9 Å². The summed E-state index contributed by atoms with van der Waals surface area (Å²) in [5.41, 5.74) is 5.90. The standard InChI is InChI=1S/C12H17NO2S.C12H19NO2S/c1-4-9-6-10(5-2)12-11(7-9)8(3)13-16(12,14)15;1-4-9-7-10(5-2)12(16(13,14)15)11(6-3)8-9/h6-8,13H,4-5H2,1-3H3;7-8H,4-6H2,1-3H3,(H2,13,14,15). The fraction of sp³-hybridized carbons (Fsp3) is 0.500. The predicted octanol–water partition coefficient (Wildman–Crippen LogP) is 4.19. The lowest BCUT2D eigenvalue weighted by Crippen LogP contribution is -2.17. The Bertz CT molecular complexity index is 1140. The van der Waals surface area contributed by atoms with Gasteiger partial charge in [-0.15, -0.1) is 0 Å². The number of benzene rings is 2. The first-order chi connectivity index (χ1) is 14.9. The molecule has 2 aromatic rings. The Balaban J connectivity index is 0.000000227. The second kappa shape index (κ2) is 10.5. The van der Waals surface area contributed by atoms with Crippen LogP contribution in [0.1, 0.15) is 81.0 Å². The quantitative estimate of drug-likeness (QED) is 0.646. The molecule has 0 bridgehead atoms. The molecule has 0 spiro atoms. The largest absolute Gasteiger partial charge is 0.241 e. The summed E-state index contributed by atoms with van der Waals surface area (Å²) in [6, 6.07) is 7.81. The molecule has 2 aromatic carbocycles. The summed E-state index contributed by atoms with van der Waals surface area (Å²) in [5.74, 6) is 0. The molecule has 8 heteroatoms. The van der Waals surface area contributed by atoms with Gasteiger partial charge in [0.1, 0.15) is 0 Å². The van der Waals surface area contributed by atoms with Gasteiger partial charge in [0.15, 0.2) is 0 Å². The van der Waals surface area contributed by atoms with Gasteiger partial charge in [0, 0.05) is 6.04 Å². The van der Waals surface area contributed by atoms with E-state index in [2.05, 4.69) is 18.6 Å². The van der Waals surface area contributed by atoms with E-state index in [1.807, 2.05) is 52.0 Å². The minimum absolute atomic E-state index is 0.100. The van der Waals surface area contributed by atoms with Gasteiger partial charge in [0.05, 0.1) is 9.79 Å². The maximum absolute atomic E-state index is 11.9. The van der Waals surface area contributed by atoms with E-state index in [0.29, 0.717) is 22.6 Å².